The van der Waals surface area contributed by atoms with Gasteiger partial charge < -0.3 is 10.1 Å². The zero-order valence-electron chi connectivity index (χ0n) is 7.16. The first kappa shape index (κ1) is 9.21. The fourth-order valence-electron chi connectivity index (χ4n) is 1.35. The molecule has 0 spiro atoms. The molecule has 0 saturated carbocycles. The van der Waals surface area contributed by atoms with Crippen LogP contribution in [0.25, 0.3) is 0 Å². The predicted molar refractivity (Wildman–Crippen MR) is 58.9 cm³/mol. The maximum absolute atomic E-state index is 5.70. The number of nitrogens with one attached hydrogen (secondary N) is 1. The lowest BCUT2D eigenvalue weighted by Gasteiger charge is -2.11. The van der Waals surface area contributed by atoms with Gasteiger partial charge in [0, 0.05) is 6.54 Å². The van der Waals surface area contributed by atoms with Crippen LogP contribution in [0.1, 0.15) is 6.42 Å². The van der Waals surface area contributed by atoms with Crippen molar-refractivity contribution in [3.8, 4) is 5.75 Å². The molecule has 4 heteroatoms. The highest BCUT2D eigenvalue weighted by Gasteiger charge is 2.15. The zero-order valence-corrected chi connectivity index (χ0v) is 9.32. The van der Waals surface area contributed by atoms with Crippen LogP contribution in [0.5, 0.6) is 5.75 Å². The summed E-state index contributed by atoms with van der Waals surface area (Å²) in [6.07, 6.45) is 3.19. The summed E-state index contributed by atoms with van der Waals surface area (Å²) in [6.45, 7) is 2.01. The third-order valence-electron chi connectivity index (χ3n) is 2.02. The van der Waals surface area contributed by atoms with Crippen LogP contribution in [0.4, 0.5) is 0 Å². The summed E-state index contributed by atoms with van der Waals surface area (Å²) in [6, 6.07) is 3.92. The predicted octanol–water partition coefficient (Wildman–Crippen LogP) is 1.43. The van der Waals surface area contributed by atoms with Gasteiger partial charge in [0.05, 0.1) is 6.20 Å². The molecule has 0 amide bonds. The summed E-state index contributed by atoms with van der Waals surface area (Å²) < 4.78 is 6.70. The van der Waals surface area contributed by atoms with Gasteiger partial charge in [-0.1, -0.05) is 0 Å². The van der Waals surface area contributed by atoms with Gasteiger partial charge in [-0.05, 0) is 47.7 Å². The van der Waals surface area contributed by atoms with Crippen LogP contribution in [-0.2, 0) is 0 Å². The second-order valence-corrected chi connectivity index (χ2v) is 4.15. The van der Waals surface area contributed by atoms with Crippen molar-refractivity contribution in [2.24, 2.45) is 0 Å². The third-order valence-corrected chi connectivity index (χ3v) is 2.66. The number of rotatable bonds is 2. The summed E-state index contributed by atoms with van der Waals surface area (Å²) >= 11 is 2.18. The normalized spacial score (nSPS) is 21.8. The molecule has 1 saturated heterocycles. The first-order chi connectivity index (χ1) is 6.34. The van der Waals surface area contributed by atoms with Crippen molar-refractivity contribution in [2.75, 3.05) is 13.1 Å². The second-order valence-electron chi connectivity index (χ2n) is 3.05. The molecule has 1 N–H and O–H groups in total. The molecule has 2 heterocycles. The minimum absolute atomic E-state index is 0.321. The van der Waals surface area contributed by atoms with Crippen molar-refractivity contribution in [1.29, 1.82) is 0 Å². The van der Waals surface area contributed by atoms with Crippen molar-refractivity contribution in [3.05, 3.63) is 22.0 Å². The van der Waals surface area contributed by atoms with Crippen LogP contribution < -0.4 is 10.1 Å². The SMILES string of the molecule is Ic1ccc(OC2CCNC2)cn1. The highest BCUT2D eigenvalue weighted by Crippen LogP contribution is 2.14. The Hall–Kier alpha value is -0.360. The number of hydrogen-bond acceptors (Lipinski definition) is 3. The molecule has 0 aromatic carbocycles. The highest BCUT2D eigenvalue weighted by atomic mass is 127. The number of hydrogen-bond donors (Lipinski definition) is 1. The van der Waals surface area contributed by atoms with E-state index in [0.29, 0.717) is 6.10 Å². The van der Waals surface area contributed by atoms with Gasteiger partial charge in [-0.15, -0.1) is 0 Å². The fraction of sp³-hybridized carbons (Fsp3) is 0.444. The van der Waals surface area contributed by atoms with Gasteiger partial charge in [0.25, 0.3) is 0 Å². The molecule has 1 aliphatic heterocycles. The lowest BCUT2D eigenvalue weighted by atomic mass is 10.3. The van der Waals surface area contributed by atoms with Crippen LogP contribution in [0.15, 0.2) is 18.3 Å². The molecule has 1 aromatic rings. The summed E-state index contributed by atoms with van der Waals surface area (Å²) in [4.78, 5) is 4.16. The molecule has 1 aliphatic rings. The van der Waals surface area contributed by atoms with Gasteiger partial charge in [-0.3, -0.25) is 0 Å². The number of nitrogens with zero attached hydrogens (tertiary/aromatic N) is 1. The van der Waals surface area contributed by atoms with Gasteiger partial charge in [-0.2, -0.15) is 0 Å². The minimum atomic E-state index is 0.321. The van der Waals surface area contributed by atoms with E-state index >= 15 is 0 Å². The Balaban J connectivity index is 1.97. The van der Waals surface area contributed by atoms with E-state index in [1.165, 1.54) is 0 Å². The molecule has 0 aliphatic carbocycles. The maximum atomic E-state index is 5.70. The Morgan fingerprint density at radius 2 is 2.46 bits per heavy atom. The van der Waals surface area contributed by atoms with Gasteiger partial charge in [0.2, 0.25) is 0 Å². The van der Waals surface area contributed by atoms with Crippen molar-refractivity contribution in [2.45, 2.75) is 12.5 Å². The molecule has 13 heavy (non-hydrogen) atoms. The molecule has 3 nitrogen and oxygen atoms in total. The molecule has 0 bridgehead atoms. The minimum Gasteiger partial charge on any atom is -0.487 e. The monoisotopic (exact) mass is 290 g/mol. The summed E-state index contributed by atoms with van der Waals surface area (Å²) in [5, 5.41) is 3.26. The lowest BCUT2D eigenvalue weighted by molar-refractivity contribution is 0.222. The molecule has 1 aromatic heterocycles. The van der Waals surface area contributed by atoms with Crippen LogP contribution in [0.3, 0.4) is 0 Å². The first-order valence-electron chi connectivity index (χ1n) is 4.33. The second kappa shape index (κ2) is 4.23. The van der Waals surface area contributed by atoms with E-state index in [0.717, 1.165) is 29.0 Å². The van der Waals surface area contributed by atoms with E-state index in [9.17, 15) is 0 Å². The van der Waals surface area contributed by atoms with E-state index in [1.54, 1.807) is 6.20 Å². The lowest BCUT2D eigenvalue weighted by Crippen LogP contribution is -2.19. The molecule has 0 radical (unpaired) electrons. The highest BCUT2D eigenvalue weighted by molar-refractivity contribution is 14.1. The number of aromatic nitrogens is 1. The van der Waals surface area contributed by atoms with Crippen molar-refractivity contribution in [1.82, 2.24) is 10.3 Å². The number of pyridine rings is 1. The standard InChI is InChI=1S/C9H11IN2O/c10-9-2-1-7(6-12-9)13-8-3-4-11-5-8/h1-2,6,8,11H,3-5H2. The quantitative estimate of drug-likeness (QED) is 0.661. The third kappa shape index (κ3) is 2.54. The largest absolute Gasteiger partial charge is 0.487 e. The van der Waals surface area contributed by atoms with E-state index in [1.807, 2.05) is 12.1 Å². The van der Waals surface area contributed by atoms with E-state index in [4.69, 9.17) is 4.74 Å². The summed E-state index contributed by atoms with van der Waals surface area (Å²) in [7, 11) is 0. The summed E-state index contributed by atoms with van der Waals surface area (Å²) in [5.74, 6) is 0.870. The fourth-order valence-corrected chi connectivity index (χ4v) is 1.67. The smallest absolute Gasteiger partial charge is 0.138 e. The van der Waals surface area contributed by atoms with Crippen LogP contribution in [0.2, 0.25) is 0 Å². The number of halogens is 1. The van der Waals surface area contributed by atoms with Gasteiger partial charge in [0.15, 0.2) is 0 Å². The number of ether oxygens (including phenoxy) is 1. The zero-order chi connectivity index (χ0) is 9.10. The van der Waals surface area contributed by atoms with Gasteiger partial charge in [0.1, 0.15) is 15.6 Å². The van der Waals surface area contributed by atoms with Gasteiger partial charge >= 0.3 is 0 Å². The average molecular weight is 290 g/mol. The summed E-state index contributed by atoms with van der Waals surface area (Å²) in [5.41, 5.74) is 0. The molecular formula is C9H11IN2O. The average Bonchev–Trinajstić information content (AvgIpc) is 2.62. The molecule has 1 unspecified atom stereocenters. The first-order valence-corrected chi connectivity index (χ1v) is 5.41. The topological polar surface area (TPSA) is 34.1 Å². The molecule has 1 atom stereocenters. The van der Waals surface area contributed by atoms with Crippen molar-refractivity contribution in [3.63, 3.8) is 0 Å². The van der Waals surface area contributed by atoms with Crippen LogP contribution in [0, 0.1) is 3.70 Å². The molecule has 70 valence electrons. The van der Waals surface area contributed by atoms with E-state index < -0.39 is 0 Å². The van der Waals surface area contributed by atoms with Gasteiger partial charge in [-0.25, -0.2) is 4.98 Å². The van der Waals surface area contributed by atoms with Crippen molar-refractivity contribution < 1.29 is 4.74 Å². The Kier molecular flexibility index (Phi) is 3.00. The molecule has 2 rings (SSSR count). The van der Waals surface area contributed by atoms with Crippen LogP contribution in [-0.4, -0.2) is 24.2 Å². The Bertz CT molecular complexity index is 269. The Morgan fingerprint density at radius 1 is 1.54 bits per heavy atom. The Labute approximate surface area is 91.0 Å². The molecular weight excluding hydrogens is 279 g/mol. The van der Waals surface area contributed by atoms with E-state index in [-0.39, 0.29) is 0 Å². The van der Waals surface area contributed by atoms with E-state index in [2.05, 4.69) is 32.9 Å². The molecule has 1 fully saturated rings. The van der Waals surface area contributed by atoms with Crippen molar-refractivity contribution >= 4 is 22.6 Å². The Morgan fingerprint density at radius 3 is 3.08 bits per heavy atom. The van der Waals surface area contributed by atoms with Crippen LogP contribution >= 0.6 is 22.6 Å². The maximum Gasteiger partial charge on any atom is 0.138 e.